The van der Waals surface area contributed by atoms with Crippen molar-refractivity contribution in [2.24, 2.45) is 5.92 Å². The van der Waals surface area contributed by atoms with Crippen LogP contribution in [-0.2, 0) is 4.79 Å². The number of nitrogens with one attached hydrogen (secondary N) is 1. The summed E-state index contributed by atoms with van der Waals surface area (Å²) in [6, 6.07) is 3.15. The summed E-state index contributed by atoms with van der Waals surface area (Å²) in [7, 11) is 1.78. The van der Waals surface area contributed by atoms with Gasteiger partial charge in [-0.15, -0.1) is 0 Å². The van der Waals surface area contributed by atoms with E-state index in [1.165, 1.54) is 0 Å². The minimum atomic E-state index is -0.258. The molecule has 1 aromatic heterocycles. The van der Waals surface area contributed by atoms with E-state index in [4.69, 9.17) is 28.2 Å². The molecule has 1 aromatic carbocycles. The largest absolute Gasteiger partial charge is 0.505 e. The lowest BCUT2D eigenvalue weighted by Crippen LogP contribution is -2.58. The van der Waals surface area contributed by atoms with Gasteiger partial charge >= 0.3 is 0 Å². The summed E-state index contributed by atoms with van der Waals surface area (Å²) in [5.41, 5.74) is 1.27. The first-order valence-electron chi connectivity index (χ1n) is 10.2. The number of aromatic nitrogens is 2. The van der Waals surface area contributed by atoms with E-state index < -0.39 is 0 Å². The Bertz CT molecular complexity index is 955. The highest BCUT2D eigenvalue weighted by Gasteiger charge is 2.43. The number of hydrogen-bond donors (Lipinski definition) is 2. The first kappa shape index (κ1) is 21.0. The van der Waals surface area contributed by atoms with Crippen molar-refractivity contribution < 1.29 is 9.90 Å². The highest BCUT2D eigenvalue weighted by atomic mass is 35.5. The van der Waals surface area contributed by atoms with Crippen LogP contribution in [0.3, 0.4) is 0 Å². The molecule has 30 heavy (non-hydrogen) atoms. The number of anilines is 4. The smallest absolute Gasteiger partial charge is 0.249 e. The first-order valence-corrected chi connectivity index (χ1v) is 10.9. The number of carbonyl (C=O) groups is 1. The molecule has 2 N–H and O–H groups in total. The van der Waals surface area contributed by atoms with E-state index >= 15 is 0 Å². The van der Waals surface area contributed by atoms with Crippen LogP contribution < -0.4 is 15.1 Å². The quantitative estimate of drug-likeness (QED) is 0.640. The van der Waals surface area contributed by atoms with Gasteiger partial charge in [-0.3, -0.25) is 4.79 Å². The van der Waals surface area contributed by atoms with E-state index in [0.717, 1.165) is 31.5 Å². The van der Waals surface area contributed by atoms with E-state index in [2.05, 4.69) is 29.0 Å². The van der Waals surface area contributed by atoms with Gasteiger partial charge < -0.3 is 20.2 Å². The fraction of sp³-hybridized carbons (Fsp3) is 0.476. The number of phenols is 1. The Kier molecular flexibility index (Phi) is 5.68. The Labute approximate surface area is 186 Å². The minimum absolute atomic E-state index is 0.0748. The van der Waals surface area contributed by atoms with Gasteiger partial charge in [0.1, 0.15) is 11.7 Å². The molecule has 0 unspecified atom stereocenters. The molecule has 2 aromatic rings. The Hall–Kier alpha value is -2.25. The number of fused-ring (bicyclic) bond motifs is 1. The van der Waals surface area contributed by atoms with Crippen molar-refractivity contribution >= 4 is 52.3 Å². The lowest BCUT2D eigenvalue weighted by molar-refractivity contribution is -0.121. The molecular formula is C21H25Cl2N5O2. The molecule has 1 saturated carbocycles. The van der Waals surface area contributed by atoms with Crippen molar-refractivity contribution in [3.63, 3.8) is 0 Å². The predicted molar refractivity (Wildman–Crippen MR) is 120 cm³/mol. The van der Waals surface area contributed by atoms with Crippen molar-refractivity contribution in [2.75, 3.05) is 22.2 Å². The molecule has 160 valence electrons. The van der Waals surface area contributed by atoms with Gasteiger partial charge in [0.05, 0.1) is 16.2 Å². The number of nitrogens with zero attached hydrogens (tertiary/aromatic N) is 4. The second kappa shape index (κ2) is 8.12. The monoisotopic (exact) mass is 449 g/mol. The summed E-state index contributed by atoms with van der Waals surface area (Å²) in [6.07, 6.45) is 6.09. The van der Waals surface area contributed by atoms with Crippen LogP contribution in [0.1, 0.15) is 39.5 Å². The molecule has 2 heterocycles. The van der Waals surface area contributed by atoms with E-state index in [1.54, 1.807) is 30.3 Å². The second-order valence-electron chi connectivity index (χ2n) is 8.25. The van der Waals surface area contributed by atoms with Gasteiger partial charge in [-0.2, -0.15) is 4.98 Å². The SMILES string of the molecule is CC(C)[C@@H]1C(=O)N(C)c2cnc(Nc3cc(Cl)c(O)c(Cl)c3)nc2N1C1CCCC1. The molecule has 0 saturated heterocycles. The number of carbonyl (C=O) groups excluding carboxylic acids is 1. The number of amides is 1. The van der Waals surface area contributed by atoms with E-state index in [0.29, 0.717) is 17.3 Å². The van der Waals surface area contributed by atoms with Crippen LogP contribution in [0, 0.1) is 5.92 Å². The number of likely N-dealkylation sites (N-methyl/N-ethyl adjacent to an activating group) is 1. The second-order valence-corrected chi connectivity index (χ2v) is 9.06. The molecule has 7 nitrogen and oxygen atoms in total. The molecule has 0 radical (unpaired) electrons. The summed E-state index contributed by atoms with van der Waals surface area (Å²) in [4.78, 5) is 26.2. The van der Waals surface area contributed by atoms with Crippen molar-refractivity contribution in [1.29, 1.82) is 0 Å². The molecule has 2 aliphatic rings. The van der Waals surface area contributed by atoms with Crippen molar-refractivity contribution in [1.82, 2.24) is 9.97 Å². The maximum atomic E-state index is 13.1. The van der Waals surface area contributed by atoms with Crippen LogP contribution in [0.4, 0.5) is 23.1 Å². The summed E-state index contributed by atoms with van der Waals surface area (Å²) in [6.45, 7) is 4.15. The summed E-state index contributed by atoms with van der Waals surface area (Å²) in [5, 5.41) is 13.2. The maximum Gasteiger partial charge on any atom is 0.249 e. The van der Waals surface area contributed by atoms with Crippen molar-refractivity contribution in [2.45, 2.75) is 51.6 Å². The third kappa shape index (κ3) is 3.65. The number of benzene rings is 1. The van der Waals surface area contributed by atoms with Crippen molar-refractivity contribution in [3.8, 4) is 5.75 Å². The lowest BCUT2D eigenvalue weighted by atomic mass is 9.96. The van der Waals surface area contributed by atoms with Crippen LogP contribution in [0.5, 0.6) is 5.75 Å². The van der Waals surface area contributed by atoms with Crippen LogP contribution >= 0.6 is 23.2 Å². The van der Waals surface area contributed by atoms with Crippen LogP contribution in [-0.4, -0.2) is 40.1 Å². The number of aromatic hydroxyl groups is 1. The number of phenolic OH excluding ortho intramolecular Hbond substituents is 1. The molecule has 0 bridgehead atoms. The molecule has 1 atom stereocenters. The lowest BCUT2D eigenvalue weighted by Gasteiger charge is -2.45. The van der Waals surface area contributed by atoms with Gasteiger partial charge in [-0.1, -0.05) is 49.9 Å². The zero-order valence-electron chi connectivity index (χ0n) is 17.2. The summed E-state index contributed by atoms with van der Waals surface area (Å²) < 4.78 is 0. The minimum Gasteiger partial charge on any atom is -0.505 e. The normalized spacial score (nSPS) is 19.5. The van der Waals surface area contributed by atoms with Gasteiger partial charge in [0.2, 0.25) is 11.9 Å². The molecule has 1 aliphatic carbocycles. The van der Waals surface area contributed by atoms with E-state index in [9.17, 15) is 9.90 Å². The molecule has 1 aliphatic heterocycles. The maximum absolute atomic E-state index is 13.1. The third-order valence-corrected chi connectivity index (χ3v) is 6.44. The van der Waals surface area contributed by atoms with Crippen LogP contribution in [0.2, 0.25) is 10.0 Å². The van der Waals surface area contributed by atoms with E-state index in [-0.39, 0.29) is 39.7 Å². The molecular weight excluding hydrogens is 425 g/mol. The topological polar surface area (TPSA) is 81.6 Å². The Morgan fingerprint density at radius 3 is 2.43 bits per heavy atom. The zero-order chi connectivity index (χ0) is 21.6. The van der Waals surface area contributed by atoms with Gasteiger partial charge in [0.25, 0.3) is 0 Å². The van der Waals surface area contributed by atoms with Crippen LogP contribution in [0.25, 0.3) is 0 Å². The molecule has 1 fully saturated rings. The van der Waals surface area contributed by atoms with Gasteiger partial charge in [-0.05, 0) is 30.9 Å². The Morgan fingerprint density at radius 2 is 1.83 bits per heavy atom. The number of rotatable bonds is 4. The fourth-order valence-corrected chi connectivity index (χ4v) is 4.86. The molecule has 4 rings (SSSR count). The Morgan fingerprint density at radius 1 is 1.20 bits per heavy atom. The summed E-state index contributed by atoms with van der Waals surface area (Å²) in [5.74, 6) is 1.19. The van der Waals surface area contributed by atoms with Gasteiger partial charge in [-0.25, -0.2) is 4.98 Å². The highest BCUT2D eigenvalue weighted by molar-refractivity contribution is 6.37. The Balaban J connectivity index is 1.75. The molecule has 1 amide bonds. The van der Waals surface area contributed by atoms with Crippen molar-refractivity contribution in [3.05, 3.63) is 28.4 Å². The van der Waals surface area contributed by atoms with Gasteiger partial charge in [0, 0.05) is 18.8 Å². The first-order chi connectivity index (χ1) is 14.3. The predicted octanol–water partition coefficient (Wildman–Crippen LogP) is 4.98. The third-order valence-electron chi connectivity index (χ3n) is 5.86. The molecule has 0 spiro atoms. The standard InChI is InChI=1S/C21H25Cl2N5O2/c1-11(2)17-20(30)27(3)16-10-24-21(25-12-8-14(22)18(29)15(23)9-12)26-19(16)28(17)13-6-4-5-7-13/h8-11,13,17,29H,4-7H2,1-3H3,(H,24,25,26)/t17-/m1/s1. The highest BCUT2D eigenvalue weighted by Crippen LogP contribution is 2.41. The number of hydrogen-bond acceptors (Lipinski definition) is 6. The average molecular weight is 450 g/mol. The molecule has 9 heteroatoms. The summed E-state index contributed by atoms with van der Waals surface area (Å²) >= 11 is 12.1. The van der Waals surface area contributed by atoms with Gasteiger partial charge in [0.15, 0.2) is 11.6 Å². The zero-order valence-corrected chi connectivity index (χ0v) is 18.7. The van der Waals surface area contributed by atoms with E-state index in [1.807, 2.05) is 0 Å². The fourth-order valence-electron chi connectivity index (χ4n) is 4.38. The number of halogens is 2. The van der Waals surface area contributed by atoms with Crippen LogP contribution in [0.15, 0.2) is 18.3 Å². The average Bonchev–Trinajstić information content (AvgIpc) is 3.22.